The molecule has 0 spiro atoms. The number of carbonyl (C=O) groups is 3. The summed E-state index contributed by atoms with van der Waals surface area (Å²) < 4.78 is 10.5. The summed E-state index contributed by atoms with van der Waals surface area (Å²) in [5, 5.41) is 4.62. The van der Waals surface area contributed by atoms with E-state index in [0.717, 1.165) is 4.88 Å². The second-order valence-corrected chi connectivity index (χ2v) is 10.2. The third-order valence-electron chi connectivity index (χ3n) is 5.34. The molecule has 2 amide bonds. The molecule has 2 heterocycles. The predicted molar refractivity (Wildman–Crippen MR) is 147 cm³/mol. The van der Waals surface area contributed by atoms with Crippen LogP contribution < -0.4 is 10.1 Å². The van der Waals surface area contributed by atoms with E-state index in [-0.39, 0.29) is 18.2 Å². The molecule has 3 aromatic rings. The van der Waals surface area contributed by atoms with Crippen molar-refractivity contribution in [2.75, 3.05) is 18.5 Å². The highest BCUT2D eigenvalue weighted by Gasteiger charge is 2.36. The molecule has 1 atom stereocenters. The number of benzene rings is 2. The molecule has 0 bridgehead atoms. The number of hydrogen-bond acceptors (Lipinski definition) is 8. The van der Waals surface area contributed by atoms with Crippen LogP contribution in [0.1, 0.15) is 35.5 Å². The van der Waals surface area contributed by atoms with Gasteiger partial charge in [-0.15, -0.1) is 11.3 Å². The maximum absolute atomic E-state index is 13.2. The Balaban J connectivity index is 1.56. The average Bonchev–Trinajstić information content (AvgIpc) is 3.40. The molecule has 1 aliphatic heterocycles. The monoisotopic (exact) mass is 537 g/mol. The number of thiophene rings is 1. The molecule has 1 aromatic heterocycles. The van der Waals surface area contributed by atoms with Gasteiger partial charge in [-0.1, -0.05) is 23.9 Å². The Morgan fingerprint density at radius 2 is 1.89 bits per heavy atom. The van der Waals surface area contributed by atoms with E-state index in [9.17, 15) is 14.4 Å². The molecule has 37 heavy (non-hydrogen) atoms. The molecule has 1 fully saturated rings. The van der Waals surface area contributed by atoms with Gasteiger partial charge in [0.2, 0.25) is 11.8 Å². The van der Waals surface area contributed by atoms with E-state index in [1.165, 1.54) is 11.8 Å². The van der Waals surface area contributed by atoms with Crippen LogP contribution in [0, 0.1) is 0 Å². The van der Waals surface area contributed by atoms with Crippen molar-refractivity contribution < 1.29 is 23.9 Å². The van der Waals surface area contributed by atoms with Gasteiger partial charge in [-0.2, -0.15) is 0 Å². The number of carbonyl (C=O) groups excluding carboxylic acids is 3. The van der Waals surface area contributed by atoms with Crippen LogP contribution in [0.15, 0.2) is 71.0 Å². The summed E-state index contributed by atoms with van der Waals surface area (Å²) in [5.74, 6) is -0.220. The van der Waals surface area contributed by atoms with Gasteiger partial charge in [-0.25, -0.2) is 9.79 Å². The number of hydrogen-bond donors (Lipinski definition) is 1. The average molecular weight is 538 g/mol. The van der Waals surface area contributed by atoms with Gasteiger partial charge < -0.3 is 14.8 Å². The summed E-state index contributed by atoms with van der Waals surface area (Å²) in [7, 11) is 0. The molecule has 10 heteroatoms. The fraction of sp³-hybridized carbons (Fsp3) is 0.259. The lowest BCUT2D eigenvalue weighted by molar-refractivity contribution is -0.129. The van der Waals surface area contributed by atoms with Crippen LogP contribution in [0.25, 0.3) is 0 Å². The summed E-state index contributed by atoms with van der Waals surface area (Å²) in [5.41, 5.74) is 1.57. The minimum atomic E-state index is -0.652. The lowest BCUT2D eigenvalue weighted by atomic mass is 10.2. The molecule has 1 aliphatic rings. The van der Waals surface area contributed by atoms with Crippen LogP contribution in [0.2, 0.25) is 0 Å². The van der Waals surface area contributed by atoms with Gasteiger partial charge in [0.25, 0.3) is 0 Å². The smallest absolute Gasteiger partial charge is 0.338 e. The Bertz CT molecular complexity index is 1280. The van der Waals surface area contributed by atoms with Gasteiger partial charge in [0.05, 0.1) is 31.0 Å². The van der Waals surface area contributed by atoms with Crippen molar-refractivity contribution in [2.24, 2.45) is 4.99 Å². The zero-order chi connectivity index (χ0) is 26.2. The van der Waals surface area contributed by atoms with Crippen LogP contribution in [0.4, 0.5) is 11.4 Å². The Labute approximate surface area is 223 Å². The van der Waals surface area contributed by atoms with Crippen molar-refractivity contribution in [3.63, 3.8) is 0 Å². The Hall–Kier alpha value is -3.63. The molecule has 1 N–H and O–H groups in total. The molecule has 0 aliphatic carbocycles. The van der Waals surface area contributed by atoms with Crippen LogP contribution in [-0.4, -0.2) is 46.3 Å². The Morgan fingerprint density at radius 3 is 2.59 bits per heavy atom. The second kappa shape index (κ2) is 12.6. The normalized spacial score (nSPS) is 16.5. The quantitative estimate of drug-likeness (QED) is 0.363. The summed E-state index contributed by atoms with van der Waals surface area (Å²) in [6.07, 6.45) is 0.0494. The molecule has 1 saturated heterocycles. The third kappa shape index (κ3) is 6.99. The van der Waals surface area contributed by atoms with E-state index in [4.69, 9.17) is 14.5 Å². The first-order valence-corrected chi connectivity index (χ1v) is 13.6. The number of anilines is 1. The first-order chi connectivity index (χ1) is 18.0. The van der Waals surface area contributed by atoms with Crippen LogP contribution in [-0.2, 0) is 20.9 Å². The van der Waals surface area contributed by atoms with E-state index in [1.807, 2.05) is 30.5 Å². The highest BCUT2D eigenvalue weighted by molar-refractivity contribution is 8.15. The van der Waals surface area contributed by atoms with Crippen molar-refractivity contribution in [1.29, 1.82) is 0 Å². The van der Waals surface area contributed by atoms with Crippen LogP contribution >= 0.6 is 23.1 Å². The summed E-state index contributed by atoms with van der Waals surface area (Å²) in [4.78, 5) is 45.6. The maximum atomic E-state index is 13.2. The topological polar surface area (TPSA) is 97.3 Å². The lowest BCUT2D eigenvalue weighted by Gasteiger charge is -2.31. The van der Waals surface area contributed by atoms with Crippen molar-refractivity contribution in [3.05, 3.63) is 76.5 Å². The number of esters is 1. The Kier molecular flexibility index (Phi) is 8.97. The molecule has 4 rings (SSSR count). The van der Waals surface area contributed by atoms with Crippen molar-refractivity contribution >= 4 is 57.4 Å². The number of amidine groups is 1. The summed E-state index contributed by atoms with van der Waals surface area (Å²) >= 11 is 2.80. The summed E-state index contributed by atoms with van der Waals surface area (Å²) in [6.45, 7) is 4.82. The number of nitrogens with zero attached hydrogens (tertiary/aromatic N) is 2. The maximum Gasteiger partial charge on any atom is 0.338 e. The fourth-order valence-corrected chi connectivity index (χ4v) is 5.40. The molecule has 2 aromatic carbocycles. The molecule has 0 radical (unpaired) electrons. The molecule has 192 valence electrons. The van der Waals surface area contributed by atoms with Crippen molar-refractivity contribution in [3.8, 4) is 5.75 Å². The van der Waals surface area contributed by atoms with Crippen molar-refractivity contribution in [2.45, 2.75) is 32.1 Å². The van der Waals surface area contributed by atoms with Gasteiger partial charge in [-0.05, 0) is 61.7 Å². The predicted octanol–water partition coefficient (Wildman–Crippen LogP) is 5.48. The van der Waals surface area contributed by atoms with Gasteiger partial charge in [-0.3, -0.25) is 14.5 Å². The number of aliphatic imine (C=N–C) groups is 1. The molecular formula is C27H27N3O5S2. The number of amides is 2. The molecule has 8 nitrogen and oxygen atoms in total. The second-order valence-electron chi connectivity index (χ2n) is 7.98. The molecule has 0 saturated carbocycles. The zero-order valence-electron chi connectivity index (χ0n) is 20.5. The molecular weight excluding hydrogens is 510 g/mol. The SMILES string of the molecule is CCOC(=O)c1ccc(N=C2S[C@H](C(=O)Nc3cccc(OCC)c3)CC(=O)N2Cc2cccs2)cc1. The number of ether oxygens (including phenoxy) is 2. The zero-order valence-corrected chi connectivity index (χ0v) is 22.1. The number of rotatable bonds is 9. The highest BCUT2D eigenvalue weighted by Crippen LogP contribution is 2.32. The minimum Gasteiger partial charge on any atom is -0.494 e. The van der Waals surface area contributed by atoms with Gasteiger partial charge in [0.15, 0.2) is 5.17 Å². The van der Waals surface area contributed by atoms with E-state index >= 15 is 0 Å². The van der Waals surface area contributed by atoms with E-state index in [1.54, 1.807) is 65.6 Å². The van der Waals surface area contributed by atoms with Gasteiger partial charge in [0.1, 0.15) is 11.0 Å². The highest BCUT2D eigenvalue weighted by atomic mass is 32.2. The van der Waals surface area contributed by atoms with Gasteiger partial charge in [0, 0.05) is 23.1 Å². The number of thioether (sulfide) groups is 1. The van der Waals surface area contributed by atoms with Crippen molar-refractivity contribution in [1.82, 2.24) is 4.90 Å². The van der Waals surface area contributed by atoms with Crippen LogP contribution in [0.5, 0.6) is 5.75 Å². The minimum absolute atomic E-state index is 0.0494. The molecule has 0 unspecified atom stereocenters. The third-order valence-corrected chi connectivity index (χ3v) is 7.39. The Morgan fingerprint density at radius 1 is 1.08 bits per heavy atom. The first-order valence-electron chi connectivity index (χ1n) is 11.9. The van der Waals surface area contributed by atoms with Crippen LogP contribution in [0.3, 0.4) is 0 Å². The first kappa shape index (κ1) is 26.4. The lowest BCUT2D eigenvalue weighted by Crippen LogP contribution is -2.44. The number of nitrogens with one attached hydrogen (secondary N) is 1. The largest absolute Gasteiger partial charge is 0.494 e. The van der Waals surface area contributed by atoms with E-state index in [0.29, 0.717) is 47.6 Å². The standard InChI is InChI=1S/C27H27N3O5S2/c1-3-34-21-8-5-7-20(15-21)28-25(32)23-16-24(31)30(17-22-9-6-14-36-22)27(37-23)29-19-12-10-18(11-13-19)26(33)35-4-2/h5-15,23H,3-4,16-17H2,1-2H3,(H,28,32)/t23-/m0/s1. The fourth-order valence-electron chi connectivity index (χ4n) is 3.61. The summed E-state index contributed by atoms with van der Waals surface area (Å²) in [6, 6.07) is 17.7. The van der Waals surface area contributed by atoms with E-state index in [2.05, 4.69) is 5.32 Å². The van der Waals surface area contributed by atoms with E-state index < -0.39 is 11.2 Å². The van der Waals surface area contributed by atoms with Gasteiger partial charge >= 0.3 is 5.97 Å².